The number of morpholine rings is 1. The number of halogens is 1. The van der Waals surface area contributed by atoms with Gasteiger partial charge >= 0.3 is 0 Å². The average Bonchev–Trinajstić information content (AvgIpc) is 2.63. The van der Waals surface area contributed by atoms with E-state index in [1.807, 2.05) is 25.1 Å². The normalized spacial score (nSPS) is 18.8. The molecule has 0 aliphatic carbocycles. The largest absolute Gasteiger partial charge is 0.374 e. The summed E-state index contributed by atoms with van der Waals surface area (Å²) < 4.78 is 34.3. The lowest BCUT2D eigenvalue weighted by atomic mass is 10.2. The molecule has 2 aromatic rings. The Morgan fingerprint density at radius 3 is 2.73 bits per heavy atom. The minimum atomic E-state index is -3.54. The van der Waals surface area contributed by atoms with Crippen molar-refractivity contribution in [3.8, 4) is 0 Å². The van der Waals surface area contributed by atoms with E-state index in [0.717, 1.165) is 23.1 Å². The van der Waals surface area contributed by atoms with Crippen LogP contribution < -0.4 is 4.72 Å². The van der Waals surface area contributed by atoms with Gasteiger partial charge in [0.05, 0.1) is 17.6 Å². The molecule has 1 fully saturated rings. The number of nitrogens with zero attached hydrogens (tertiary/aromatic N) is 1. The molecular formula is C19H23BrN2O3S. The van der Waals surface area contributed by atoms with Gasteiger partial charge in [-0.05, 0) is 36.2 Å². The van der Waals surface area contributed by atoms with Gasteiger partial charge in [0.15, 0.2) is 0 Å². The standard InChI is InChI=1S/C19H23BrN2O3S/c1-15-11-18(7-8-19(15)20)26(23,24)21-12-17-14-22(9-10-25-17)13-16-5-3-2-4-6-16/h2-8,11,17,21H,9-10,12-14H2,1H3/t17-/m0/s1. The van der Waals surface area contributed by atoms with E-state index in [9.17, 15) is 8.42 Å². The number of sulfonamides is 1. The van der Waals surface area contributed by atoms with Gasteiger partial charge in [0.2, 0.25) is 10.0 Å². The van der Waals surface area contributed by atoms with E-state index in [1.165, 1.54) is 5.56 Å². The number of hydrogen-bond donors (Lipinski definition) is 1. The summed E-state index contributed by atoms with van der Waals surface area (Å²) in [5, 5.41) is 0. The van der Waals surface area contributed by atoms with E-state index in [0.29, 0.717) is 13.2 Å². The molecule has 1 saturated heterocycles. The third-order valence-corrected chi connectivity index (χ3v) is 6.72. The lowest BCUT2D eigenvalue weighted by Gasteiger charge is -2.33. The van der Waals surface area contributed by atoms with Gasteiger partial charge in [0, 0.05) is 30.7 Å². The van der Waals surface area contributed by atoms with Crippen molar-refractivity contribution < 1.29 is 13.2 Å². The number of benzene rings is 2. The molecule has 140 valence electrons. The molecule has 1 aliphatic rings. The smallest absolute Gasteiger partial charge is 0.240 e. The van der Waals surface area contributed by atoms with Crippen LogP contribution in [0.3, 0.4) is 0 Å². The summed E-state index contributed by atoms with van der Waals surface area (Å²) in [5.74, 6) is 0. The second-order valence-electron chi connectivity index (χ2n) is 6.48. The van der Waals surface area contributed by atoms with Crippen molar-refractivity contribution in [2.24, 2.45) is 0 Å². The van der Waals surface area contributed by atoms with E-state index < -0.39 is 10.0 Å². The molecular weight excluding hydrogens is 416 g/mol. The Morgan fingerprint density at radius 2 is 2.00 bits per heavy atom. The molecule has 1 atom stereocenters. The number of nitrogens with one attached hydrogen (secondary N) is 1. The minimum Gasteiger partial charge on any atom is -0.374 e. The van der Waals surface area contributed by atoms with Crippen molar-refractivity contribution in [1.29, 1.82) is 0 Å². The first-order chi connectivity index (χ1) is 12.4. The van der Waals surface area contributed by atoms with Crippen molar-refractivity contribution in [2.45, 2.75) is 24.5 Å². The fraction of sp³-hybridized carbons (Fsp3) is 0.368. The summed E-state index contributed by atoms with van der Waals surface area (Å²) in [6.45, 7) is 5.15. The number of ether oxygens (including phenoxy) is 1. The SMILES string of the molecule is Cc1cc(S(=O)(=O)NC[C@H]2CN(Cc3ccccc3)CCO2)ccc1Br. The summed E-state index contributed by atoms with van der Waals surface area (Å²) in [7, 11) is -3.54. The fourth-order valence-electron chi connectivity index (χ4n) is 2.96. The summed E-state index contributed by atoms with van der Waals surface area (Å²) >= 11 is 3.39. The Balaban J connectivity index is 1.57. The summed E-state index contributed by atoms with van der Waals surface area (Å²) in [6, 6.07) is 15.3. The maximum atomic E-state index is 12.5. The van der Waals surface area contributed by atoms with Gasteiger partial charge in [0.1, 0.15) is 0 Å². The zero-order valence-electron chi connectivity index (χ0n) is 14.7. The van der Waals surface area contributed by atoms with Crippen molar-refractivity contribution in [3.05, 3.63) is 64.1 Å². The van der Waals surface area contributed by atoms with Crippen LogP contribution in [-0.2, 0) is 21.3 Å². The third kappa shape index (κ3) is 5.14. The van der Waals surface area contributed by atoms with E-state index in [1.54, 1.807) is 18.2 Å². The summed E-state index contributed by atoms with van der Waals surface area (Å²) in [6.07, 6.45) is -0.154. The monoisotopic (exact) mass is 438 g/mol. The van der Waals surface area contributed by atoms with Crippen LogP contribution in [0.15, 0.2) is 57.9 Å². The van der Waals surface area contributed by atoms with Crippen molar-refractivity contribution in [3.63, 3.8) is 0 Å². The van der Waals surface area contributed by atoms with Crippen LogP contribution in [0.5, 0.6) is 0 Å². The highest BCUT2D eigenvalue weighted by Crippen LogP contribution is 2.20. The van der Waals surface area contributed by atoms with Crippen molar-refractivity contribution >= 4 is 26.0 Å². The molecule has 0 bridgehead atoms. The van der Waals surface area contributed by atoms with Gasteiger partial charge < -0.3 is 4.74 Å². The fourth-order valence-corrected chi connectivity index (χ4v) is 4.36. The molecule has 0 radical (unpaired) electrons. The van der Waals surface area contributed by atoms with Crippen LogP contribution >= 0.6 is 15.9 Å². The molecule has 7 heteroatoms. The van der Waals surface area contributed by atoms with Crippen LogP contribution in [-0.4, -0.2) is 45.7 Å². The second kappa shape index (κ2) is 8.63. The molecule has 0 unspecified atom stereocenters. The zero-order valence-corrected chi connectivity index (χ0v) is 17.1. The highest BCUT2D eigenvalue weighted by atomic mass is 79.9. The Kier molecular flexibility index (Phi) is 6.47. The van der Waals surface area contributed by atoms with Gasteiger partial charge in [-0.15, -0.1) is 0 Å². The lowest BCUT2D eigenvalue weighted by molar-refractivity contribution is -0.0276. The quantitative estimate of drug-likeness (QED) is 0.752. The van der Waals surface area contributed by atoms with Gasteiger partial charge in [-0.2, -0.15) is 0 Å². The first-order valence-corrected chi connectivity index (χ1v) is 10.9. The Labute approximate surface area is 163 Å². The molecule has 2 aromatic carbocycles. The molecule has 3 rings (SSSR count). The second-order valence-corrected chi connectivity index (χ2v) is 9.10. The van der Waals surface area contributed by atoms with Crippen LogP contribution in [0.4, 0.5) is 0 Å². The van der Waals surface area contributed by atoms with Crippen molar-refractivity contribution in [1.82, 2.24) is 9.62 Å². The summed E-state index contributed by atoms with van der Waals surface area (Å²) in [5.41, 5.74) is 2.13. The highest BCUT2D eigenvalue weighted by molar-refractivity contribution is 9.10. The molecule has 1 aliphatic heterocycles. The highest BCUT2D eigenvalue weighted by Gasteiger charge is 2.23. The molecule has 0 spiro atoms. The number of rotatable bonds is 6. The molecule has 1 N–H and O–H groups in total. The molecule has 1 heterocycles. The number of hydrogen-bond acceptors (Lipinski definition) is 4. The van der Waals surface area contributed by atoms with Crippen molar-refractivity contribution in [2.75, 3.05) is 26.2 Å². The van der Waals surface area contributed by atoms with Crippen LogP contribution in [0.1, 0.15) is 11.1 Å². The van der Waals surface area contributed by atoms with Gasteiger partial charge in [-0.3, -0.25) is 4.90 Å². The molecule has 5 nitrogen and oxygen atoms in total. The van der Waals surface area contributed by atoms with E-state index >= 15 is 0 Å². The third-order valence-electron chi connectivity index (χ3n) is 4.41. The average molecular weight is 439 g/mol. The van der Waals surface area contributed by atoms with Crippen LogP contribution in [0.25, 0.3) is 0 Å². The van der Waals surface area contributed by atoms with Crippen LogP contribution in [0.2, 0.25) is 0 Å². The van der Waals surface area contributed by atoms with E-state index in [4.69, 9.17) is 4.74 Å². The Hall–Kier alpha value is -1.25. The summed E-state index contributed by atoms with van der Waals surface area (Å²) in [4.78, 5) is 2.57. The molecule has 0 aromatic heterocycles. The predicted octanol–water partition coefficient (Wildman–Crippen LogP) is 2.94. The number of aryl methyl sites for hydroxylation is 1. The Bertz CT molecular complexity index is 843. The Morgan fingerprint density at radius 1 is 1.23 bits per heavy atom. The molecule has 0 amide bonds. The lowest BCUT2D eigenvalue weighted by Crippen LogP contribution is -2.47. The van der Waals surface area contributed by atoms with Gasteiger partial charge in [-0.1, -0.05) is 46.3 Å². The zero-order chi connectivity index (χ0) is 18.6. The van der Waals surface area contributed by atoms with E-state index in [2.05, 4.69) is 37.7 Å². The molecule has 0 saturated carbocycles. The molecule has 26 heavy (non-hydrogen) atoms. The van der Waals surface area contributed by atoms with Gasteiger partial charge in [0.25, 0.3) is 0 Å². The maximum absolute atomic E-state index is 12.5. The maximum Gasteiger partial charge on any atom is 0.240 e. The topological polar surface area (TPSA) is 58.6 Å². The first-order valence-electron chi connectivity index (χ1n) is 8.58. The first kappa shape index (κ1) is 19.5. The van der Waals surface area contributed by atoms with Gasteiger partial charge in [-0.25, -0.2) is 13.1 Å². The van der Waals surface area contributed by atoms with E-state index in [-0.39, 0.29) is 17.5 Å². The van der Waals surface area contributed by atoms with Crippen LogP contribution in [0, 0.1) is 6.92 Å². The predicted molar refractivity (Wildman–Crippen MR) is 106 cm³/mol. The minimum absolute atomic E-state index is 0.154.